The van der Waals surface area contributed by atoms with Gasteiger partial charge in [0.1, 0.15) is 0 Å². The van der Waals surface area contributed by atoms with Crippen LogP contribution in [0.5, 0.6) is 0 Å². The third-order valence-electron chi connectivity index (χ3n) is 2.86. The van der Waals surface area contributed by atoms with Crippen LogP contribution in [0.4, 0.5) is 5.69 Å². The maximum absolute atomic E-state index is 11.9. The van der Waals surface area contributed by atoms with Gasteiger partial charge in [0, 0.05) is 11.8 Å². The van der Waals surface area contributed by atoms with Crippen molar-refractivity contribution in [2.75, 3.05) is 5.32 Å². The third kappa shape index (κ3) is 2.33. The zero-order valence-electron chi connectivity index (χ0n) is 10.4. The van der Waals surface area contributed by atoms with Crippen molar-refractivity contribution in [2.24, 2.45) is 0 Å². The Balaban J connectivity index is 1.87. The van der Waals surface area contributed by atoms with Crippen molar-refractivity contribution in [1.29, 1.82) is 0 Å². The van der Waals surface area contributed by atoms with E-state index in [1.165, 1.54) is 0 Å². The van der Waals surface area contributed by atoms with E-state index in [1.807, 2.05) is 42.5 Å². The zero-order chi connectivity index (χ0) is 13.2. The van der Waals surface area contributed by atoms with Gasteiger partial charge in [-0.15, -0.1) is 0 Å². The molecule has 3 rings (SSSR count). The molecule has 0 aliphatic heterocycles. The molecule has 0 atom stereocenters. The van der Waals surface area contributed by atoms with Gasteiger partial charge in [0.15, 0.2) is 0 Å². The number of hydrogen-bond donors (Lipinski definition) is 1. The minimum absolute atomic E-state index is 0.214. The highest BCUT2D eigenvalue weighted by atomic mass is 16.5. The molecule has 4 heteroatoms. The Morgan fingerprint density at radius 2 is 1.89 bits per heavy atom. The lowest BCUT2D eigenvalue weighted by Crippen LogP contribution is -2.10. The molecule has 94 valence electrons. The highest BCUT2D eigenvalue weighted by Crippen LogP contribution is 2.19. The summed E-state index contributed by atoms with van der Waals surface area (Å²) in [6.07, 6.45) is 0. The van der Waals surface area contributed by atoms with E-state index in [0.717, 1.165) is 16.5 Å². The standard InChI is InChI=1S/C15H12N2O2/c1-10-8-14(19-17-10)15(18)16-13-7-6-11-4-2-3-5-12(11)9-13/h2-9H,1H3,(H,16,18). The summed E-state index contributed by atoms with van der Waals surface area (Å²) in [7, 11) is 0. The summed E-state index contributed by atoms with van der Waals surface area (Å²) in [6.45, 7) is 1.77. The topological polar surface area (TPSA) is 55.1 Å². The average molecular weight is 252 g/mol. The van der Waals surface area contributed by atoms with Crippen LogP contribution in [0.15, 0.2) is 53.1 Å². The predicted octanol–water partition coefficient (Wildman–Crippen LogP) is 3.39. The number of aromatic nitrogens is 1. The van der Waals surface area contributed by atoms with Crippen molar-refractivity contribution < 1.29 is 9.32 Å². The van der Waals surface area contributed by atoms with Gasteiger partial charge in [-0.25, -0.2) is 0 Å². The summed E-state index contributed by atoms with van der Waals surface area (Å²) < 4.78 is 4.92. The minimum atomic E-state index is -0.295. The number of amides is 1. The molecular weight excluding hydrogens is 240 g/mol. The fourth-order valence-electron chi connectivity index (χ4n) is 1.93. The second-order valence-corrected chi connectivity index (χ2v) is 4.35. The molecule has 0 unspecified atom stereocenters. The van der Waals surface area contributed by atoms with Gasteiger partial charge in [-0.05, 0) is 29.8 Å². The van der Waals surface area contributed by atoms with Crippen LogP contribution in [0.25, 0.3) is 10.8 Å². The largest absolute Gasteiger partial charge is 0.351 e. The molecule has 1 aromatic heterocycles. The van der Waals surface area contributed by atoms with E-state index >= 15 is 0 Å². The van der Waals surface area contributed by atoms with Crippen LogP contribution in [-0.2, 0) is 0 Å². The Hall–Kier alpha value is -2.62. The van der Waals surface area contributed by atoms with Crippen LogP contribution in [0.2, 0.25) is 0 Å². The van der Waals surface area contributed by atoms with Crippen molar-refractivity contribution in [3.63, 3.8) is 0 Å². The number of aryl methyl sites for hydroxylation is 1. The lowest BCUT2D eigenvalue weighted by atomic mass is 10.1. The summed E-state index contributed by atoms with van der Waals surface area (Å²) >= 11 is 0. The van der Waals surface area contributed by atoms with Crippen LogP contribution in [0, 0.1) is 6.92 Å². The molecule has 0 spiro atoms. The normalized spacial score (nSPS) is 10.6. The SMILES string of the molecule is Cc1cc(C(=O)Nc2ccc3ccccc3c2)on1. The Morgan fingerprint density at radius 3 is 2.63 bits per heavy atom. The van der Waals surface area contributed by atoms with Gasteiger partial charge in [0.25, 0.3) is 5.91 Å². The summed E-state index contributed by atoms with van der Waals surface area (Å²) in [5.74, 6) is -0.0819. The molecule has 0 bridgehead atoms. The number of anilines is 1. The second kappa shape index (κ2) is 4.57. The average Bonchev–Trinajstić information content (AvgIpc) is 2.85. The first-order chi connectivity index (χ1) is 9.22. The van der Waals surface area contributed by atoms with Gasteiger partial charge in [0.2, 0.25) is 5.76 Å². The zero-order valence-corrected chi connectivity index (χ0v) is 10.4. The Morgan fingerprint density at radius 1 is 1.11 bits per heavy atom. The summed E-state index contributed by atoms with van der Waals surface area (Å²) in [5, 5.41) is 8.70. The molecule has 4 nitrogen and oxygen atoms in total. The lowest BCUT2D eigenvalue weighted by molar-refractivity contribution is 0.0988. The molecule has 3 aromatic rings. The van der Waals surface area contributed by atoms with Crippen molar-refractivity contribution in [2.45, 2.75) is 6.92 Å². The molecule has 0 saturated heterocycles. The molecule has 0 radical (unpaired) electrons. The Labute approximate surface area is 110 Å². The maximum Gasteiger partial charge on any atom is 0.294 e. The first kappa shape index (κ1) is 11.5. The van der Waals surface area contributed by atoms with E-state index in [1.54, 1.807) is 13.0 Å². The fourth-order valence-corrected chi connectivity index (χ4v) is 1.93. The van der Waals surface area contributed by atoms with Gasteiger partial charge in [-0.2, -0.15) is 0 Å². The van der Waals surface area contributed by atoms with Gasteiger partial charge < -0.3 is 9.84 Å². The monoisotopic (exact) mass is 252 g/mol. The predicted molar refractivity (Wildman–Crippen MR) is 73.1 cm³/mol. The molecular formula is C15H12N2O2. The van der Waals surface area contributed by atoms with E-state index in [0.29, 0.717) is 5.69 Å². The number of benzene rings is 2. The second-order valence-electron chi connectivity index (χ2n) is 4.35. The van der Waals surface area contributed by atoms with Gasteiger partial charge in [-0.3, -0.25) is 4.79 Å². The van der Waals surface area contributed by atoms with Crippen LogP contribution >= 0.6 is 0 Å². The molecule has 0 aliphatic rings. The molecule has 0 fully saturated rings. The third-order valence-corrected chi connectivity index (χ3v) is 2.86. The van der Waals surface area contributed by atoms with Gasteiger partial charge in [-0.1, -0.05) is 35.5 Å². The van der Waals surface area contributed by atoms with E-state index in [2.05, 4.69) is 10.5 Å². The Kier molecular flexibility index (Phi) is 2.76. The van der Waals surface area contributed by atoms with E-state index in [4.69, 9.17) is 4.52 Å². The van der Waals surface area contributed by atoms with Crippen LogP contribution < -0.4 is 5.32 Å². The number of carbonyl (C=O) groups excluding carboxylic acids is 1. The molecule has 19 heavy (non-hydrogen) atoms. The number of nitrogens with zero attached hydrogens (tertiary/aromatic N) is 1. The first-order valence-electron chi connectivity index (χ1n) is 5.96. The quantitative estimate of drug-likeness (QED) is 0.760. The number of nitrogens with one attached hydrogen (secondary N) is 1. The number of fused-ring (bicyclic) bond motifs is 1. The van der Waals surface area contributed by atoms with Crippen molar-refractivity contribution >= 4 is 22.4 Å². The number of hydrogen-bond acceptors (Lipinski definition) is 3. The van der Waals surface area contributed by atoms with Crippen molar-refractivity contribution in [1.82, 2.24) is 5.16 Å². The van der Waals surface area contributed by atoms with Crippen LogP contribution in [-0.4, -0.2) is 11.1 Å². The highest BCUT2D eigenvalue weighted by Gasteiger charge is 2.11. The molecule has 1 amide bonds. The summed E-state index contributed by atoms with van der Waals surface area (Å²) in [4.78, 5) is 11.9. The first-order valence-corrected chi connectivity index (χ1v) is 5.96. The Bertz CT molecular complexity index is 746. The van der Waals surface area contributed by atoms with Crippen molar-refractivity contribution in [3.8, 4) is 0 Å². The van der Waals surface area contributed by atoms with Crippen LogP contribution in [0.3, 0.4) is 0 Å². The minimum Gasteiger partial charge on any atom is -0.351 e. The fraction of sp³-hybridized carbons (Fsp3) is 0.0667. The van der Waals surface area contributed by atoms with Crippen molar-refractivity contribution in [3.05, 3.63) is 60.0 Å². The molecule has 1 N–H and O–H groups in total. The summed E-state index contributed by atoms with van der Waals surface area (Å²) in [5.41, 5.74) is 1.42. The maximum atomic E-state index is 11.9. The summed E-state index contributed by atoms with van der Waals surface area (Å²) in [6, 6.07) is 15.4. The number of rotatable bonds is 2. The highest BCUT2D eigenvalue weighted by molar-refractivity contribution is 6.03. The molecule has 0 aliphatic carbocycles. The smallest absolute Gasteiger partial charge is 0.294 e. The van der Waals surface area contributed by atoms with E-state index in [9.17, 15) is 4.79 Å². The van der Waals surface area contributed by atoms with Gasteiger partial charge >= 0.3 is 0 Å². The molecule has 0 saturated carbocycles. The van der Waals surface area contributed by atoms with E-state index < -0.39 is 0 Å². The lowest BCUT2D eigenvalue weighted by Gasteiger charge is -2.04. The van der Waals surface area contributed by atoms with Gasteiger partial charge in [0.05, 0.1) is 5.69 Å². The number of carbonyl (C=O) groups is 1. The molecule has 2 aromatic carbocycles. The van der Waals surface area contributed by atoms with E-state index in [-0.39, 0.29) is 11.7 Å². The molecule has 1 heterocycles. The van der Waals surface area contributed by atoms with Crippen LogP contribution in [0.1, 0.15) is 16.2 Å².